The largest absolute Gasteiger partial charge is 3.00 e. The maximum absolute atomic E-state index is 9.80. The van der Waals surface area contributed by atoms with E-state index in [1.807, 2.05) is 91.3 Å². The van der Waals surface area contributed by atoms with Gasteiger partial charge in [0.15, 0.2) is 0 Å². The minimum atomic E-state index is -2.92. The summed E-state index contributed by atoms with van der Waals surface area (Å²) >= 11 is 0. The van der Waals surface area contributed by atoms with Gasteiger partial charge in [-0.3, -0.25) is 4.98 Å². The molecular formula is C60H57IrN4O. The van der Waals surface area contributed by atoms with Crippen molar-refractivity contribution in [3.63, 3.8) is 0 Å². The van der Waals surface area contributed by atoms with Crippen molar-refractivity contribution in [1.82, 2.24) is 19.9 Å². The van der Waals surface area contributed by atoms with Crippen molar-refractivity contribution in [3.8, 4) is 33.8 Å². The third kappa shape index (κ3) is 10.3. The summed E-state index contributed by atoms with van der Waals surface area (Å²) in [6, 6.07) is 45.0. The van der Waals surface area contributed by atoms with E-state index in [1.165, 1.54) is 6.07 Å². The van der Waals surface area contributed by atoms with E-state index in [0.717, 1.165) is 51.0 Å². The number of hydrogen-bond donors (Lipinski definition) is 0. The van der Waals surface area contributed by atoms with Gasteiger partial charge in [-0.05, 0) is 112 Å². The number of aromatic nitrogens is 4. The molecule has 66 heavy (non-hydrogen) atoms. The molecule has 0 aliphatic heterocycles. The second-order valence-electron chi connectivity index (χ2n) is 19.5. The molecule has 4 aromatic carbocycles. The van der Waals surface area contributed by atoms with Gasteiger partial charge in [0.05, 0.1) is 12.6 Å². The number of furan rings is 1. The zero-order valence-electron chi connectivity index (χ0n) is 46.4. The van der Waals surface area contributed by atoms with Crippen molar-refractivity contribution >= 4 is 21.9 Å². The zero-order valence-corrected chi connectivity index (χ0v) is 40.7. The van der Waals surface area contributed by atoms with Crippen LogP contribution in [0.15, 0.2) is 144 Å². The quantitative estimate of drug-likeness (QED) is 0.108. The number of rotatable bonds is 13. The van der Waals surface area contributed by atoms with Crippen molar-refractivity contribution in [2.24, 2.45) is 5.41 Å². The summed E-state index contributed by atoms with van der Waals surface area (Å²) < 4.78 is 80.2. The smallest absolute Gasteiger partial charge is 0.499 e. The van der Waals surface area contributed by atoms with Gasteiger partial charge in [0, 0.05) is 39.7 Å². The second-order valence-corrected chi connectivity index (χ2v) is 19.5. The second kappa shape index (κ2) is 19.0. The molecule has 0 fully saturated rings. The van der Waals surface area contributed by atoms with Crippen LogP contribution in [-0.4, -0.2) is 19.9 Å². The summed E-state index contributed by atoms with van der Waals surface area (Å²) in [7, 11) is 0. The van der Waals surface area contributed by atoms with E-state index in [-0.39, 0.29) is 48.5 Å². The predicted octanol–water partition coefficient (Wildman–Crippen LogP) is 14.3. The van der Waals surface area contributed by atoms with Crippen molar-refractivity contribution in [1.29, 1.82) is 0 Å². The van der Waals surface area contributed by atoms with Crippen LogP contribution >= 0.6 is 0 Å². The Morgan fingerprint density at radius 2 is 1.17 bits per heavy atom. The van der Waals surface area contributed by atoms with Gasteiger partial charge in [-0.2, -0.15) is 0 Å². The first kappa shape index (κ1) is 37.1. The Bertz CT molecular complexity index is 3340. The van der Waals surface area contributed by atoms with Crippen molar-refractivity contribution in [3.05, 3.63) is 203 Å². The minimum absolute atomic E-state index is 0. The first-order valence-electron chi connectivity index (χ1n) is 26.1. The van der Waals surface area contributed by atoms with Crippen molar-refractivity contribution in [2.75, 3.05) is 0 Å². The molecule has 6 heteroatoms. The van der Waals surface area contributed by atoms with E-state index in [0.29, 0.717) is 52.5 Å². The molecule has 5 heterocycles. The molecule has 0 bridgehead atoms. The van der Waals surface area contributed by atoms with Gasteiger partial charge < -0.3 is 19.4 Å². The fourth-order valence-electron chi connectivity index (χ4n) is 8.58. The van der Waals surface area contributed by atoms with Crippen LogP contribution < -0.4 is 0 Å². The summed E-state index contributed by atoms with van der Waals surface area (Å²) in [5.74, 6) is 0. The fraction of sp³-hybridized carbons (Fsp3) is 0.267. The molecule has 0 N–H and O–H groups in total. The molecule has 5 aromatic heterocycles. The molecule has 0 radical (unpaired) electrons. The van der Waals surface area contributed by atoms with Crippen molar-refractivity contribution in [2.45, 2.75) is 98.2 Å². The average Bonchev–Trinajstić information content (AvgIpc) is 3.72. The van der Waals surface area contributed by atoms with E-state index >= 15 is 0 Å². The topological polar surface area (TPSA) is 64.7 Å². The summed E-state index contributed by atoms with van der Waals surface area (Å²) in [4.78, 5) is 18.7. The third-order valence-electron chi connectivity index (χ3n) is 12.0. The molecule has 9 aromatic rings. The van der Waals surface area contributed by atoms with Crippen LogP contribution in [0.4, 0.5) is 0 Å². The number of aryl methyl sites for hydroxylation is 3. The van der Waals surface area contributed by atoms with Gasteiger partial charge in [-0.15, -0.1) is 90.0 Å². The molecule has 0 spiro atoms. The van der Waals surface area contributed by atoms with E-state index in [2.05, 4.69) is 82.7 Å². The Kier molecular flexibility index (Phi) is 10.7. The maximum atomic E-state index is 9.80. The van der Waals surface area contributed by atoms with Crippen LogP contribution in [0.1, 0.15) is 104 Å². The third-order valence-corrected chi connectivity index (χ3v) is 12.0. The first-order chi connectivity index (χ1) is 34.3. The number of fused-ring (bicyclic) bond motifs is 3. The summed E-state index contributed by atoms with van der Waals surface area (Å²) in [6.45, 7) is 11.8. The Hall–Kier alpha value is -6.07. The molecule has 0 aliphatic carbocycles. The molecule has 0 saturated carbocycles. The van der Waals surface area contributed by atoms with Crippen LogP contribution in [0, 0.1) is 30.5 Å². The number of hydrogen-bond acceptors (Lipinski definition) is 5. The zero-order chi connectivity index (χ0) is 52.3. The predicted molar refractivity (Wildman–Crippen MR) is 266 cm³/mol. The molecule has 0 aliphatic rings. The normalized spacial score (nSPS) is 14.5. The van der Waals surface area contributed by atoms with Gasteiger partial charge in [0.1, 0.15) is 5.58 Å². The molecule has 0 amide bonds. The van der Waals surface area contributed by atoms with Gasteiger partial charge >= 0.3 is 20.1 Å². The van der Waals surface area contributed by atoms with Gasteiger partial charge in [-0.25, -0.2) is 0 Å². The van der Waals surface area contributed by atoms with Crippen LogP contribution in [0.3, 0.4) is 0 Å². The van der Waals surface area contributed by atoms with E-state index in [9.17, 15) is 5.48 Å². The molecule has 0 unspecified atom stereocenters. The van der Waals surface area contributed by atoms with E-state index in [4.69, 9.17) is 19.9 Å². The average molecular weight is 1050 g/mol. The SMILES string of the molecule is [2H]c1cc2c(oc3c(-c4cc(C([2H])([2H])[2H])c(C([2H])([2H])C([2H])([2H])c5cc(CC(C)(C)c6ccc(-c7[c-]cccc7)nc6)cc(CC(C)(C)c6ccc(-c7[c-]cccc7)nc6)c5)cn4)[c-]ccc32)c(CC(C)(C)C)n1.[Ir+3]. The Morgan fingerprint density at radius 1 is 0.576 bits per heavy atom. The molecule has 0 saturated heterocycles. The molecule has 5 nitrogen and oxygen atoms in total. The van der Waals surface area contributed by atoms with E-state index in [1.54, 1.807) is 24.3 Å². The van der Waals surface area contributed by atoms with E-state index < -0.39 is 36.0 Å². The summed E-state index contributed by atoms with van der Waals surface area (Å²) in [5, 5.41) is 1.35. The standard InChI is InChI=1S/C60H57N4O.Ir/c1-40-30-54(51-21-15-20-49-50-28-29-61-55(36-58(2,3)4)57(50)65-56(49)51)62-37-46(40)23-22-41-31-42(34-59(5,6)47-24-26-52(63-38-47)44-16-11-9-12-17-44)33-43(32-41)35-60(7,8)48-25-27-53(64-39-48)45-18-13-10-14-19-45;/h9-16,18,20,24-33,37-39H,22-23,34-36H2,1-8H3;/q-3;+3/i1D3,22D2,23D2,29D;. The molecular weight excluding hydrogens is 985 g/mol. The van der Waals surface area contributed by atoms with Crippen molar-refractivity contribution < 1.29 is 35.5 Å². The number of benzene rings is 4. The molecule has 0 atom stereocenters. The maximum Gasteiger partial charge on any atom is 3.00 e. The minimum Gasteiger partial charge on any atom is -0.499 e. The Labute approximate surface area is 415 Å². The van der Waals surface area contributed by atoms with Crippen LogP contribution in [0.5, 0.6) is 0 Å². The van der Waals surface area contributed by atoms with Crippen LogP contribution in [0.2, 0.25) is 0 Å². The van der Waals surface area contributed by atoms with Crippen LogP contribution in [0.25, 0.3) is 55.7 Å². The van der Waals surface area contributed by atoms with Gasteiger partial charge in [-0.1, -0.05) is 114 Å². The molecule has 9 rings (SSSR count). The van der Waals surface area contributed by atoms with Gasteiger partial charge in [0.25, 0.3) is 0 Å². The first-order valence-corrected chi connectivity index (χ1v) is 22.1. The monoisotopic (exact) mass is 1050 g/mol. The Morgan fingerprint density at radius 3 is 1.71 bits per heavy atom. The fourth-order valence-corrected chi connectivity index (χ4v) is 8.58. The summed E-state index contributed by atoms with van der Waals surface area (Å²) in [6.07, 6.45) is 0.701. The number of pyridine rings is 4. The molecule has 332 valence electrons. The summed E-state index contributed by atoms with van der Waals surface area (Å²) in [5.41, 5.74) is 6.96. The van der Waals surface area contributed by atoms with Crippen LogP contribution in [-0.2, 0) is 62.9 Å². The Balaban J connectivity index is 0.00000729. The van der Waals surface area contributed by atoms with Gasteiger partial charge in [0.2, 0.25) is 0 Å². The number of nitrogens with zero attached hydrogens (tertiary/aromatic N) is 4.